The van der Waals surface area contributed by atoms with Gasteiger partial charge in [-0.3, -0.25) is 0 Å². The minimum Gasteiger partial charge on any atom is -0.375 e. The SMILES string of the molecule is O=C(NCc1cscn1)N1CCO[C@@H](CCc2ccccc2)C1. The number of rotatable bonds is 5. The van der Waals surface area contributed by atoms with E-state index < -0.39 is 0 Å². The Morgan fingerprint density at radius 3 is 3.04 bits per heavy atom. The molecule has 0 saturated carbocycles. The number of aromatic nitrogens is 1. The zero-order chi connectivity index (χ0) is 15.9. The van der Waals surface area contributed by atoms with E-state index in [-0.39, 0.29) is 12.1 Å². The van der Waals surface area contributed by atoms with Crippen LogP contribution >= 0.6 is 11.3 Å². The Kier molecular flexibility index (Phi) is 5.60. The van der Waals surface area contributed by atoms with E-state index in [4.69, 9.17) is 4.74 Å². The molecule has 0 spiro atoms. The van der Waals surface area contributed by atoms with E-state index in [0.717, 1.165) is 18.5 Å². The van der Waals surface area contributed by atoms with E-state index in [0.29, 0.717) is 26.2 Å². The molecule has 2 aromatic rings. The molecule has 1 aliphatic rings. The zero-order valence-electron chi connectivity index (χ0n) is 13.0. The molecule has 0 bridgehead atoms. The molecular weight excluding hydrogens is 310 g/mol. The number of ether oxygens (including phenoxy) is 1. The van der Waals surface area contributed by atoms with Gasteiger partial charge in [0.25, 0.3) is 0 Å². The number of nitrogens with one attached hydrogen (secondary N) is 1. The molecule has 0 unspecified atom stereocenters. The summed E-state index contributed by atoms with van der Waals surface area (Å²) in [6.07, 6.45) is 2.01. The maximum Gasteiger partial charge on any atom is 0.317 e. The van der Waals surface area contributed by atoms with Gasteiger partial charge in [0.2, 0.25) is 0 Å². The van der Waals surface area contributed by atoms with Crippen LogP contribution in [0.3, 0.4) is 0 Å². The molecule has 1 fully saturated rings. The van der Waals surface area contributed by atoms with Crippen molar-refractivity contribution in [3.8, 4) is 0 Å². The van der Waals surface area contributed by atoms with Gasteiger partial charge in [-0.2, -0.15) is 0 Å². The van der Waals surface area contributed by atoms with Crippen LogP contribution in [0.15, 0.2) is 41.2 Å². The minimum absolute atomic E-state index is 0.0361. The van der Waals surface area contributed by atoms with Crippen molar-refractivity contribution in [2.75, 3.05) is 19.7 Å². The molecular formula is C17H21N3O2S. The molecule has 2 amide bonds. The van der Waals surface area contributed by atoms with Crippen LogP contribution in [0.5, 0.6) is 0 Å². The third-order valence-corrected chi connectivity index (χ3v) is 4.56. The Balaban J connectivity index is 1.44. The first kappa shape index (κ1) is 16.0. The molecule has 1 aromatic heterocycles. The Hall–Kier alpha value is -1.92. The van der Waals surface area contributed by atoms with E-state index in [1.807, 2.05) is 16.3 Å². The summed E-state index contributed by atoms with van der Waals surface area (Å²) in [6.45, 7) is 2.37. The second kappa shape index (κ2) is 8.08. The van der Waals surface area contributed by atoms with Gasteiger partial charge in [0, 0.05) is 18.5 Å². The number of aryl methyl sites for hydroxylation is 1. The zero-order valence-corrected chi connectivity index (χ0v) is 13.8. The van der Waals surface area contributed by atoms with Crippen molar-refractivity contribution < 1.29 is 9.53 Å². The highest BCUT2D eigenvalue weighted by Crippen LogP contribution is 2.13. The van der Waals surface area contributed by atoms with Crippen molar-refractivity contribution in [2.24, 2.45) is 0 Å². The maximum atomic E-state index is 12.2. The third kappa shape index (κ3) is 4.77. The van der Waals surface area contributed by atoms with Gasteiger partial charge in [-0.25, -0.2) is 9.78 Å². The number of morpholine rings is 1. The predicted octanol–water partition coefficient (Wildman–Crippen LogP) is 2.69. The van der Waals surface area contributed by atoms with Crippen LogP contribution in [0.2, 0.25) is 0 Å². The van der Waals surface area contributed by atoms with Crippen LogP contribution in [0.25, 0.3) is 0 Å². The van der Waals surface area contributed by atoms with Gasteiger partial charge in [0.1, 0.15) is 0 Å². The summed E-state index contributed by atoms with van der Waals surface area (Å²) < 4.78 is 5.80. The van der Waals surface area contributed by atoms with Crippen LogP contribution in [-0.2, 0) is 17.7 Å². The lowest BCUT2D eigenvalue weighted by Gasteiger charge is -2.33. The van der Waals surface area contributed by atoms with Crippen LogP contribution in [-0.4, -0.2) is 41.7 Å². The lowest BCUT2D eigenvalue weighted by molar-refractivity contribution is -0.0176. The highest BCUT2D eigenvalue weighted by atomic mass is 32.1. The van der Waals surface area contributed by atoms with E-state index >= 15 is 0 Å². The molecule has 1 aromatic carbocycles. The second-order valence-corrected chi connectivity index (χ2v) is 6.32. The molecule has 122 valence electrons. The average molecular weight is 331 g/mol. The number of carbonyl (C=O) groups excluding carboxylic acids is 1. The van der Waals surface area contributed by atoms with E-state index in [1.54, 1.807) is 5.51 Å². The maximum absolute atomic E-state index is 12.2. The standard InChI is InChI=1S/C17H21N3O2S/c21-17(18-10-15-12-23-13-19-15)20-8-9-22-16(11-20)7-6-14-4-2-1-3-5-14/h1-5,12-13,16H,6-11H2,(H,18,21)/t16-/m0/s1. The summed E-state index contributed by atoms with van der Waals surface area (Å²) in [4.78, 5) is 18.3. The van der Waals surface area contributed by atoms with Gasteiger partial charge in [-0.1, -0.05) is 30.3 Å². The average Bonchev–Trinajstić information content (AvgIpc) is 3.12. The van der Waals surface area contributed by atoms with Gasteiger partial charge in [-0.15, -0.1) is 11.3 Å². The van der Waals surface area contributed by atoms with E-state index in [9.17, 15) is 4.79 Å². The van der Waals surface area contributed by atoms with Crippen LogP contribution in [0.1, 0.15) is 17.7 Å². The fourth-order valence-corrected chi connectivity index (χ4v) is 3.21. The highest BCUT2D eigenvalue weighted by Gasteiger charge is 2.23. The number of carbonyl (C=O) groups is 1. The predicted molar refractivity (Wildman–Crippen MR) is 90.4 cm³/mol. The number of hydrogen-bond acceptors (Lipinski definition) is 4. The topological polar surface area (TPSA) is 54.5 Å². The number of benzene rings is 1. The summed E-state index contributed by atoms with van der Waals surface area (Å²) in [6, 6.07) is 10.3. The normalized spacial score (nSPS) is 17.9. The molecule has 5 nitrogen and oxygen atoms in total. The van der Waals surface area contributed by atoms with E-state index in [1.165, 1.54) is 16.9 Å². The molecule has 1 N–H and O–H groups in total. The van der Waals surface area contributed by atoms with E-state index in [2.05, 4.69) is 34.6 Å². The van der Waals surface area contributed by atoms with Crippen LogP contribution in [0.4, 0.5) is 4.79 Å². The summed E-state index contributed by atoms with van der Waals surface area (Å²) in [7, 11) is 0. The number of thiazole rings is 1. The fraction of sp³-hybridized carbons (Fsp3) is 0.412. The molecule has 0 radical (unpaired) electrons. The van der Waals surface area contributed by atoms with Gasteiger partial charge in [0.15, 0.2) is 0 Å². The first-order valence-corrected chi connectivity index (χ1v) is 8.81. The van der Waals surface area contributed by atoms with Crippen molar-refractivity contribution in [1.29, 1.82) is 0 Å². The number of hydrogen-bond donors (Lipinski definition) is 1. The molecule has 3 rings (SSSR count). The first-order valence-electron chi connectivity index (χ1n) is 7.86. The third-order valence-electron chi connectivity index (χ3n) is 3.93. The fourth-order valence-electron chi connectivity index (χ4n) is 2.65. The highest BCUT2D eigenvalue weighted by molar-refractivity contribution is 7.07. The van der Waals surface area contributed by atoms with Crippen molar-refractivity contribution in [2.45, 2.75) is 25.5 Å². The molecule has 1 aliphatic heterocycles. The molecule has 23 heavy (non-hydrogen) atoms. The number of amides is 2. The number of nitrogens with zero attached hydrogens (tertiary/aromatic N) is 2. The van der Waals surface area contributed by atoms with Gasteiger partial charge < -0.3 is 15.0 Å². The molecule has 2 heterocycles. The van der Waals surface area contributed by atoms with Gasteiger partial charge in [-0.05, 0) is 18.4 Å². The summed E-state index contributed by atoms with van der Waals surface area (Å²) >= 11 is 1.54. The Morgan fingerprint density at radius 1 is 1.39 bits per heavy atom. The second-order valence-electron chi connectivity index (χ2n) is 5.60. The summed E-state index contributed by atoms with van der Waals surface area (Å²) in [5.41, 5.74) is 3.98. The lowest BCUT2D eigenvalue weighted by atomic mass is 10.1. The minimum atomic E-state index is -0.0361. The Labute approximate surface area is 140 Å². The summed E-state index contributed by atoms with van der Waals surface area (Å²) in [5, 5.41) is 4.87. The quantitative estimate of drug-likeness (QED) is 0.916. The Bertz CT molecular complexity index is 604. The lowest BCUT2D eigenvalue weighted by Crippen LogP contribution is -2.49. The van der Waals surface area contributed by atoms with Crippen LogP contribution in [0, 0.1) is 0 Å². The van der Waals surface area contributed by atoms with Gasteiger partial charge in [0.05, 0.1) is 30.5 Å². The van der Waals surface area contributed by atoms with Crippen molar-refractivity contribution in [1.82, 2.24) is 15.2 Å². The molecule has 6 heteroatoms. The van der Waals surface area contributed by atoms with Crippen LogP contribution < -0.4 is 5.32 Å². The number of urea groups is 1. The first-order chi connectivity index (χ1) is 11.3. The largest absolute Gasteiger partial charge is 0.375 e. The molecule has 1 atom stereocenters. The molecule has 0 aliphatic carbocycles. The monoisotopic (exact) mass is 331 g/mol. The van der Waals surface area contributed by atoms with Crippen molar-refractivity contribution >= 4 is 17.4 Å². The van der Waals surface area contributed by atoms with Crippen molar-refractivity contribution in [3.63, 3.8) is 0 Å². The van der Waals surface area contributed by atoms with Crippen molar-refractivity contribution in [3.05, 3.63) is 52.5 Å². The smallest absolute Gasteiger partial charge is 0.317 e. The summed E-state index contributed by atoms with van der Waals surface area (Å²) in [5.74, 6) is 0. The molecule has 1 saturated heterocycles. The van der Waals surface area contributed by atoms with Gasteiger partial charge >= 0.3 is 6.03 Å². The Morgan fingerprint density at radius 2 is 2.26 bits per heavy atom.